The van der Waals surface area contributed by atoms with Crippen LogP contribution < -0.4 is 20.9 Å². The van der Waals surface area contributed by atoms with Crippen molar-refractivity contribution in [2.45, 2.75) is 45.2 Å². The number of morpholine rings is 1. The zero-order chi connectivity index (χ0) is 25.4. The van der Waals surface area contributed by atoms with Gasteiger partial charge in [0.15, 0.2) is 29.1 Å². The molecule has 35 heavy (non-hydrogen) atoms. The smallest absolute Gasteiger partial charge is 0.404 e. The molecule has 1 aliphatic rings. The lowest BCUT2D eigenvalue weighted by atomic mass is 10.0. The molecule has 0 aliphatic carbocycles. The van der Waals surface area contributed by atoms with Gasteiger partial charge < -0.3 is 30.7 Å². The van der Waals surface area contributed by atoms with Crippen LogP contribution in [0.5, 0.6) is 0 Å². The van der Waals surface area contributed by atoms with Crippen molar-refractivity contribution in [2.24, 2.45) is 0 Å². The summed E-state index contributed by atoms with van der Waals surface area (Å²) < 4.78 is 34.8. The lowest BCUT2D eigenvalue weighted by Crippen LogP contribution is -2.44. The summed E-state index contributed by atoms with van der Waals surface area (Å²) in [4.78, 5) is 21.3. The van der Waals surface area contributed by atoms with Gasteiger partial charge in [-0.25, -0.2) is 23.5 Å². The molecule has 4 N–H and O–H groups in total. The monoisotopic (exact) mass is 489 g/mol. The van der Waals surface area contributed by atoms with Gasteiger partial charge in [-0.05, 0) is 19.4 Å². The van der Waals surface area contributed by atoms with E-state index in [9.17, 15) is 18.8 Å². The number of hydrogen-bond donors (Lipinski definition) is 4. The summed E-state index contributed by atoms with van der Waals surface area (Å²) in [5.41, 5.74) is 0.164. The molecule has 1 saturated heterocycles. The first kappa shape index (κ1) is 25.9. The fourth-order valence-electron chi connectivity index (χ4n) is 3.76. The number of halogens is 2. The van der Waals surface area contributed by atoms with E-state index in [0.29, 0.717) is 32.7 Å². The molecule has 2 atom stereocenters. The SMILES string of the molecule is CCCC[C@@H](Nc1nc(Nc2cnc(N3CCOCC3)c(F)c2)c(C#N)cc1F)[C@H](C)NC(=O)O. The van der Waals surface area contributed by atoms with Gasteiger partial charge in [0, 0.05) is 31.2 Å². The van der Waals surface area contributed by atoms with Crippen LogP contribution in [0.4, 0.5) is 36.7 Å². The third-order valence-electron chi connectivity index (χ3n) is 5.64. The van der Waals surface area contributed by atoms with Gasteiger partial charge in [0.05, 0.1) is 30.7 Å². The van der Waals surface area contributed by atoms with Crippen molar-refractivity contribution in [3.8, 4) is 6.07 Å². The van der Waals surface area contributed by atoms with E-state index in [1.54, 1.807) is 11.8 Å². The number of carboxylic acid groups (broad SMARTS) is 1. The van der Waals surface area contributed by atoms with Crippen molar-refractivity contribution in [3.05, 3.63) is 35.5 Å². The van der Waals surface area contributed by atoms with Gasteiger partial charge in [0.1, 0.15) is 6.07 Å². The van der Waals surface area contributed by atoms with E-state index in [0.717, 1.165) is 18.9 Å². The topological polar surface area (TPSA) is 135 Å². The van der Waals surface area contributed by atoms with Crippen molar-refractivity contribution in [2.75, 3.05) is 41.8 Å². The van der Waals surface area contributed by atoms with E-state index >= 15 is 0 Å². The van der Waals surface area contributed by atoms with Gasteiger partial charge in [0.2, 0.25) is 0 Å². The molecule has 0 bridgehead atoms. The lowest BCUT2D eigenvalue weighted by Gasteiger charge is -2.28. The Morgan fingerprint density at radius 1 is 1.29 bits per heavy atom. The number of nitriles is 1. The third-order valence-corrected chi connectivity index (χ3v) is 5.64. The molecule has 2 aromatic rings. The minimum atomic E-state index is -1.19. The Morgan fingerprint density at radius 2 is 2.03 bits per heavy atom. The van der Waals surface area contributed by atoms with Crippen LogP contribution in [0, 0.1) is 23.0 Å². The highest BCUT2D eigenvalue weighted by atomic mass is 19.1. The number of anilines is 4. The molecule has 10 nitrogen and oxygen atoms in total. The van der Waals surface area contributed by atoms with Crippen LogP contribution in [0.25, 0.3) is 0 Å². The number of rotatable bonds is 10. The van der Waals surface area contributed by atoms with Crippen molar-refractivity contribution in [1.82, 2.24) is 15.3 Å². The molecular formula is C23H29F2N7O3. The number of unbranched alkanes of at least 4 members (excludes halogenated alkanes) is 1. The zero-order valence-corrected chi connectivity index (χ0v) is 19.6. The van der Waals surface area contributed by atoms with Gasteiger partial charge in [-0.15, -0.1) is 0 Å². The highest BCUT2D eigenvalue weighted by molar-refractivity contribution is 5.66. The molecule has 3 rings (SSSR count). The summed E-state index contributed by atoms with van der Waals surface area (Å²) in [6, 6.07) is 3.17. The van der Waals surface area contributed by atoms with Gasteiger partial charge in [-0.1, -0.05) is 19.8 Å². The van der Waals surface area contributed by atoms with Gasteiger partial charge in [-0.3, -0.25) is 0 Å². The van der Waals surface area contributed by atoms with Crippen molar-refractivity contribution in [1.29, 1.82) is 5.26 Å². The number of nitrogens with one attached hydrogen (secondary N) is 3. The number of pyridine rings is 2. The van der Waals surface area contributed by atoms with Gasteiger partial charge >= 0.3 is 6.09 Å². The molecule has 0 spiro atoms. The average molecular weight is 490 g/mol. The van der Waals surface area contributed by atoms with Crippen LogP contribution in [0.15, 0.2) is 18.3 Å². The highest BCUT2D eigenvalue weighted by Crippen LogP contribution is 2.27. The fourth-order valence-corrected chi connectivity index (χ4v) is 3.76. The molecule has 0 aromatic carbocycles. The minimum absolute atomic E-state index is 0.0183. The van der Waals surface area contributed by atoms with Crippen molar-refractivity contribution in [3.63, 3.8) is 0 Å². The summed E-state index contributed by atoms with van der Waals surface area (Å²) in [6.45, 7) is 5.69. The Morgan fingerprint density at radius 3 is 2.66 bits per heavy atom. The van der Waals surface area contributed by atoms with Crippen LogP contribution in [-0.4, -0.2) is 59.6 Å². The number of hydrogen-bond acceptors (Lipinski definition) is 8. The Bertz CT molecular complexity index is 1070. The molecule has 1 aliphatic heterocycles. The number of ether oxygens (including phenoxy) is 1. The Kier molecular flexibility index (Phi) is 8.97. The lowest BCUT2D eigenvalue weighted by molar-refractivity contribution is 0.122. The first-order valence-corrected chi connectivity index (χ1v) is 11.4. The van der Waals surface area contributed by atoms with E-state index in [1.165, 1.54) is 12.3 Å². The highest BCUT2D eigenvalue weighted by Gasteiger charge is 2.22. The van der Waals surface area contributed by atoms with Crippen molar-refractivity contribution >= 4 is 29.2 Å². The second-order valence-electron chi connectivity index (χ2n) is 8.21. The molecule has 3 heterocycles. The third kappa shape index (κ3) is 6.89. The summed E-state index contributed by atoms with van der Waals surface area (Å²) in [5, 5.41) is 26.7. The van der Waals surface area contributed by atoms with Crippen molar-refractivity contribution < 1.29 is 23.4 Å². The fraction of sp³-hybridized carbons (Fsp3) is 0.478. The number of carbonyl (C=O) groups is 1. The summed E-state index contributed by atoms with van der Waals surface area (Å²) in [6.07, 6.45) is 2.45. The van der Waals surface area contributed by atoms with Gasteiger partial charge in [0.25, 0.3) is 0 Å². The summed E-state index contributed by atoms with van der Waals surface area (Å²) in [5.74, 6) is -1.24. The predicted molar refractivity (Wildman–Crippen MR) is 127 cm³/mol. The second-order valence-corrected chi connectivity index (χ2v) is 8.21. The maximum atomic E-state index is 14.8. The average Bonchev–Trinajstić information content (AvgIpc) is 2.83. The van der Waals surface area contributed by atoms with Crippen LogP contribution in [0.2, 0.25) is 0 Å². The Labute approximate surface area is 202 Å². The molecule has 0 unspecified atom stereocenters. The summed E-state index contributed by atoms with van der Waals surface area (Å²) >= 11 is 0. The van der Waals surface area contributed by atoms with E-state index in [1.807, 2.05) is 13.0 Å². The van der Waals surface area contributed by atoms with Gasteiger partial charge in [-0.2, -0.15) is 5.26 Å². The normalized spacial score (nSPS) is 15.1. The largest absolute Gasteiger partial charge is 0.465 e. The summed E-state index contributed by atoms with van der Waals surface area (Å²) in [7, 11) is 0. The van der Waals surface area contributed by atoms with E-state index in [2.05, 4.69) is 25.9 Å². The van der Waals surface area contributed by atoms with Crippen LogP contribution in [0.1, 0.15) is 38.7 Å². The molecule has 0 radical (unpaired) electrons. The first-order chi connectivity index (χ1) is 16.8. The van der Waals surface area contributed by atoms with Crippen LogP contribution >= 0.6 is 0 Å². The van der Waals surface area contributed by atoms with Crippen LogP contribution in [0.3, 0.4) is 0 Å². The first-order valence-electron chi connectivity index (χ1n) is 11.4. The Hall–Kier alpha value is -3.72. The predicted octanol–water partition coefficient (Wildman–Crippen LogP) is 3.83. The van der Waals surface area contributed by atoms with Crippen LogP contribution in [-0.2, 0) is 4.74 Å². The molecule has 1 amide bonds. The standard InChI is InChI=1S/C23H29F2N7O3/c1-3-4-5-19(14(2)28-23(33)34)30-21-17(24)10-15(12-26)20(31-21)29-16-11-18(25)22(27-13-16)32-6-8-35-9-7-32/h10-11,13-14,19,28H,3-9H2,1-2H3,(H,33,34)(H2,29,30,31)/t14-,19+/m0/s1. The molecule has 1 fully saturated rings. The quantitative estimate of drug-likeness (QED) is 0.392. The molecule has 188 valence electrons. The number of amides is 1. The molecule has 0 saturated carbocycles. The maximum Gasteiger partial charge on any atom is 0.404 e. The Balaban J connectivity index is 1.84. The molecule has 12 heteroatoms. The van der Waals surface area contributed by atoms with E-state index < -0.39 is 29.8 Å². The maximum absolute atomic E-state index is 14.8. The molecule has 2 aromatic heterocycles. The molecular weight excluding hydrogens is 460 g/mol. The second kappa shape index (κ2) is 12.1. The number of nitrogens with zero attached hydrogens (tertiary/aromatic N) is 4. The van der Waals surface area contributed by atoms with E-state index in [4.69, 9.17) is 9.84 Å². The van der Waals surface area contributed by atoms with E-state index in [-0.39, 0.29) is 28.7 Å². The number of aromatic nitrogens is 2. The minimum Gasteiger partial charge on any atom is -0.465 e. The zero-order valence-electron chi connectivity index (χ0n) is 19.6.